The van der Waals surface area contributed by atoms with Crippen molar-refractivity contribution in [3.05, 3.63) is 71.2 Å². The number of benzene rings is 1. The van der Waals surface area contributed by atoms with E-state index >= 15 is 0 Å². The van der Waals surface area contributed by atoms with Gasteiger partial charge < -0.3 is 15.1 Å². The maximum absolute atomic E-state index is 12.9. The molecular weight excluding hydrogens is 449 g/mol. The lowest BCUT2D eigenvalue weighted by molar-refractivity contribution is -0.199. The molecule has 3 heterocycles. The molecule has 1 aromatic carbocycles. The molecule has 0 aliphatic carbocycles. The number of nitrogens with zero attached hydrogens (tertiary/aromatic N) is 3. The number of rotatable bonds is 5. The molecule has 0 fully saturated rings. The van der Waals surface area contributed by atoms with E-state index < -0.39 is 18.1 Å². The largest absolute Gasteiger partial charge is 0.493 e. The Morgan fingerprint density at radius 2 is 1.94 bits per heavy atom. The maximum Gasteiger partial charge on any atom is 0.493 e. The van der Waals surface area contributed by atoms with E-state index in [1.807, 2.05) is 49.3 Å². The molecule has 0 saturated carbocycles. The number of aromatic nitrogens is 2. The summed E-state index contributed by atoms with van der Waals surface area (Å²) in [5.41, 5.74) is 3.42. The third kappa shape index (κ3) is 4.66. The lowest BCUT2D eigenvalue weighted by atomic mass is 10.1. The average molecular weight is 470 g/mol. The molecule has 0 radical (unpaired) electrons. The van der Waals surface area contributed by atoms with Crippen molar-refractivity contribution in [2.24, 2.45) is 0 Å². The smallest absolute Gasteiger partial charge is 0.377 e. The first-order valence-electron chi connectivity index (χ1n) is 10.4. The van der Waals surface area contributed by atoms with Crippen LogP contribution >= 0.6 is 0 Å². The number of fused-ring (bicyclic) bond motifs is 1. The molecule has 2 aromatic heterocycles. The van der Waals surface area contributed by atoms with Crippen molar-refractivity contribution in [2.45, 2.75) is 12.6 Å². The zero-order chi connectivity index (χ0) is 24.5. The van der Waals surface area contributed by atoms with Gasteiger partial charge in [0.15, 0.2) is 0 Å². The predicted octanol–water partition coefficient (Wildman–Crippen LogP) is 3.59. The topological polar surface area (TPSA) is 76.5 Å². The fourth-order valence-corrected chi connectivity index (χ4v) is 3.71. The fourth-order valence-electron chi connectivity index (χ4n) is 3.71. The van der Waals surface area contributed by atoms with E-state index in [2.05, 4.69) is 10.3 Å². The highest BCUT2D eigenvalue weighted by Gasteiger charge is 2.43. The van der Waals surface area contributed by atoms with Crippen LogP contribution in [0.25, 0.3) is 23.4 Å². The minimum absolute atomic E-state index is 0.144. The number of carbonyl (C=O) groups is 2. The lowest BCUT2D eigenvalue weighted by Gasteiger charge is -2.17. The number of alkyl halides is 3. The summed E-state index contributed by atoms with van der Waals surface area (Å²) in [6, 6.07) is 12.4. The third-order valence-electron chi connectivity index (χ3n) is 5.28. The molecule has 0 unspecified atom stereocenters. The summed E-state index contributed by atoms with van der Waals surface area (Å²) >= 11 is 0. The zero-order valence-electron chi connectivity index (χ0n) is 18.4. The minimum Gasteiger partial charge on any atom is -0.377 e. The predicted molar refractivity (Wildman–Crippen MR) is 121 cm³/mol. The summed E-state index contributed by atoms with van der Waals surface area (Å²) in [7, 11) is 3.86. The second-order valence-corrected chi connectivity index (χ2v) is 7.82. The van der Waals surface area contributed by atoms with Crippen molar-refractivity contribution < 1.29 is 27.6 Å². The van der Waals surface area contributed by atoms with Gasteiger partial charge in [0.05, 0.1) is 22.6 Å². The molecule has 0 bridgehead atoms. The first kappa shape index (κ1) is 23.1. The standard InChI is InChI=1S/C24H21F3N4O3/c1-30(2)19-6-4-3-5-15(19)7-8-17-13-16(9-11-28-17)21-14-18-20(10-12-29-22(18)32)31(21)34-23(33)24(25,26)27/h3-9,11,13-14H,10,12H2,1-2H3,(H,29,32). The van der Waals surface area contributed by atoms with Crippen LogP contribution < -0.4 is 15.1 Å². The van der Waals surface area contributed by atoms with Crippen LogP contribution in [0.5, 0.6) is 0 Å². The second kappa shape index (κ2) is 9.05. The van der Waals surface area contributed by atoms with E-state index in [0.717, 1.165) is 16.0 Å². The van der Waals surface area contributed by atoms with Crippen molar-refractivity contribution in [1.82, 2.24) is 15.0 Å². The Hall–Kier alpha value is -4.08. The van der Waals surface area contributed by atoms with Gasteiger partial charge >= 0.3 is 12.1 Å². The van der Waals surface area contributed by atoms with Gasteiger partial charge in [-0.15, -0.1) is 0 Å². The Bertz CT molecular complexity index is 1280. The van der Waals surface area contributed by atoms with E-state index in [9.17, 15) is 22.8 Å². The van der Waals surface area contributed by atoms with Crippen molar-refractivity contribution in [3.63, 3.8) is 0 Å². The molecule has 1 N–H and O–H groups in total. The molecule has 3 aromatic rings. The molecule has 4 rings (SSSR count). The van der Waals surface area contributed by atoms with Crippen molar-refractivity contribution in [3.8, 4) is 11.3 Å². The maximum atomic E-state index is 12.9. The van der Waals surface area contributed by atoms with Crippen LogP contribution in [0, 0.1) is 0 Å². The van der Waals surface area contributed by atoms with Gasteiger partial charge in [0.2, 0.25) is 0 Å². The number of amides is 1. The number of nitrogens with one attached hydrogen (secondary N) is 1. The van der Waals surface area contributed by atoms with Crippen LogP contribution in [-0.4, -0.2) is 48.4 Å². The van der Waals surface area contributed by atoms with Gasteiger partial charge in [0.25, 0.3) is 5.91 Å². The van der Waals surface area contributed by atoms with Gasteiger partial charge in [-0.05, 0) is 35.9 Å². The van der Waals surface area contributed by atoms with Crippen molar-refractivity contribution in [1.29, 1.82) is 0 Å². The Kier molecular flexibility index (Phi) is 6.14. The molecule has 0 atom stereocenters. The van der Waals surface area contributed by atoms with Crippen LogP contribution in [0.4, 0.5) is 18.9 Å². The van der Waals surface area contributed by atoms with Crippen molar-refractivity contribution >= 4 is 29.7 Å². The lowest BCUT2D eigenvalue weighted by Crippen LogP contribution is -2.37. The zero-order valence-corrected chi connectivity index (χ0v) is 18.4. The van der Waals surface area contributed by atoms with Gasteiger partial charge in [0, 0.05) is 44.5 Å². The first-order chi connectivity index (χ1) is 16.1. The molecule has 1 aliphatic rings. The molecule has 1 aliphatic heterocycles. The molecular formula is C24H21F3N4O3. The van der Waals surface area contributed by atoms with E-state index in [1.54, 1.807) is 18.2 Å². The molecule has 0 saturated heterocycles. The summed E-state index contributed by atoms with van der Waals surface area (Å²) in [4.78, 5) is 34.8. The number of carbonyl (C=O) groups excluding carboxylic acids is 2. The van der Waals surface area contributed by atoms with Gasteiger partial charge in [-0.1, -0.05) is 24.3 Å². The van der Waals surface area contributed by atoms with E-state index in [0.29, 0.717) is 11.3 Å². The van der Waals surface area contributed by atoms with Crippen LogP contribution in [0.1, 0.15) is 27.3 Å². The third-order valence-corrected chi connectivity index (χ3v) is 5.28. The highest BCUT2D eigenvalue weighted by atomic mass is 19.4. The molecule has 34 heavy (non-hydrogen) atoms. The SMILES string of the molecule is CN(C)c1ccccc1C=Cc1cc(-c2cc3c(n2OC(=O)C(F)(F)F)CCNC3=O)ccn1. The highest BCUT2D eigenvalue weighted by molar-refractivity contribution is 5.98. The molecule has 176 valence electrons. The average Bonchev–Trinajstić information content (AvgIpc) is 3.17. The van der Waals surface area contributed by atoms with Gasteiger partial charge in [-0.25, -0.2) is 4.79 Å². The fraction of sp³-hybridized carbons (Fsp3) is 0.208. The highest BCUT2D eigenvalue weighted by Crippen LogP contribution is 2.29. The summed E-state index contributed by atoms with van der Waals surface area (Å²) in [5, 5.41) is 2.64. The van der Waals surface area contributed by atoms with Crippen LogP contribution in [0.15, 0.2) is 48.7 Å². The molecule has 10 heteroatoms. The Balaban J connectivity index is 1.74. The van der Waals surface area contributed by atoms with E-state index in [1.165, 1.54) is 12.3 Å². The quantitative estimate of drug-likeness (QED) is 0.617. The number of hydrogen-bond acceptors (Lipinski definition) is 5. The summed E-state index contributed by atoms with van der Waals surface area (Å²) in [6.45, 7) is 0.217. The van der Waals surface area contributed by atoms with Gasteiger partial charge in [0.1, 0.15) is 0 Å². The minimum atomic E-state index is -5.18. The van der Waals surface area contributed by atoms with E-state index in [4.69, 9.17) is 4.84 Å². The monoisotopic (exact) mass is 470 g/mol. The van der Waals surface area contributed by atoms with Crippen LogP contribution in [-0.2, 0) is 11.2 Å². The number of anilines is 1. The van der Waals surface area contributed by atoms with E-state index in [-0.39, 0.29) is 29.9 Å². The van der Waals surface area contributed by atoms with Gasteiger partial charge in [-0.3, -0.25) is 9.78 Å². The Morgan fingerprint density at radius 3 is 2.68 bits per heavy atom. The van der Waals surface area contributed by atoms with Crippen molar-refractivity contribution in [2.75, 3.05) is 25.5 Å². The molecule has 0 spiro atoms. The second-order valence-electron chi connectivity index (χ2n) is 7.82. The number of hydrogen-bond donors (Lipinski definition) is 1. The summed E-state index contributed by atoms with van der Waals surface area (Å²) in [5.74, 6) is -2.81. The Labute approximate surface area is 193 Å². The molecule has 7 nitrogen and oxygen atoms in total. The normalized spacial score (nSPS) is 13.5. The Morgan fingerprint density at radius 1 is 1.18 bits per heavy atom. The molecule has 1 amide bonds. The van der Waals surface area contributed by atoms with Gasteiger partial charge in [-0.2, -0.15) is 17.9 Å². The van der Waals surface area contributed by atoms with Crippen LogP contribution in [0.2, 0.25) is 0 Å². The van der Waals surface area contributed by atoms with Crippen LogP contribution in [0.3, 0.4) is 0 Å². The summed E-state index contributed by atoms with van der Waals surface area (Å²) < 4.78 is 39.5. The number of para-hydroxylation sites is 1. The summed E-state index contributed by atoms with van der Waals surface area (Å²) in [6.07, 6.45) is 0.174. The number of halogens is 3. The number of pyridine rings is 1. The first-order valence-corrected chi connectivity index (χ1v) is 10.4.